The molecule has 0 atom stereocenters. The SMILES string of the molecule is Nc1conc1-c1ccc(Br)cc1. The van der Waals surface area contributed by atoms with Crippen molar-refractivity contribution in [2.45, 2.75) is 0 Å². The minimum Gasteiger partial charge on any atom is -0.394 e. The highest BCUT2D eigenvalue weighted by atomic mass is 79.9. The fourth-order valence-corrected chi connectivity index (χ4v) is 1.34. The zero-order chi connectivity index (χ0) is 9.26. The van der Waals surface area contributed by atoms with Gasteiger partial charge in [-0.2, -0.15) is 0 Å². The van der Waals surface area contributed by atoms with Crippen molar-refractivity contribution in [3.63, 3.8) is 0 Å². The predicted molar refractivity (Wildman–Crippen MR) is 54.1 cm³/mol. The van der Waals surface area contributed by atoms with Crippen molar-refractivity contribution in [3.05, 3.63) is 35.0 Å². The number of nitrogens with two attached hydrogens (primary N) is 1. The Morgan fingerprint density at radius 3 is 2.46 bits per heavy atom. The van der Waals surface area contributed by atoms with Crippen molar-refractivity contribution in [2.24, 2.45) is 0 Å². The number of aromatic nitrogens is 1. The normalized spacial score (nSPS) is 10.2. The quantitative estimate of drug-likeness (QED) is 0.832. The van der Waals surface area contributed by atoms with Gasteiger partial charge in [-0.1, -0.05) is 33.2 Å². The summed E-state index contributed by atoms with van der Waals surface area (Å²) in [7, 11) is 0. The molecule has 0 aliphatic rings. The Morgan fingerprint density at radius 1 is 1.23 bits per heavy atom. The van der Waals surface area contributed by atoms with E-state index in [1.165, 1.54) is 6.26 Å². The fourth-order valence-electron chi connectivity index (χ4n) is 1.07. The van der Waals surface area contributed by atoms with Crippen molar-refractivity contribution in [1.29, 1.82) is 0 Å². The van der Waals surface area contributed by atoms with Gasteiger partial charge >= 0.3 is 0 Å². The van der Waals surface area contributed by atoms with Crippen LogP contribution < -0.4 is 5.73 Å². The lowest BCUT2D eigenvalue weighted by molar-refractivity contribution is 0.423. The molecule has 13 heavy (non-hydrogen) atoms. The molecule has 0 radical (unpaired) electrons. The molecule has 2 aromatic rings. The molecule has 2 rings (SSSR count). The lowest BCUT2D eigenvalue weighted by atomic mass is 10.1. The molecule has 3 nitrogen and oxygen atoms in total. The molecule has 0 fully saturated rings. The average Bonchev–Trinajstić information content (AvgIpc) is 2.53. The van der Waals surface area contributed by atoms with Crippen LogP contribution in [0.5, 0.6) is 0 Å². The number of halogens is 1. The second-order valence-electron chi connectivity index (χ2n) is 2.63. The van der Waals surface area contributed by atoms with Crippen molar-refractivity contribution >= 4 is 21.6 Å². The smallest absolute Gasteiger partial charge is 0.147 e. The second kappa shape index (κ2) is 3.22. The highest BCUT2D eigenvalue weighted by molar-refractivity contribution is 9.10. The fraction of sp³-hybridized carbons (Fsp3) is 0. The molecule has 66 valence electrons. The number of rotatable bonds is 1. The summed E-state index contributed by atoms with van der Waals surface area (Å²) in [6.45, 7) is 0. The van der Waals surface area contributed by atoms with Gasteiger partial charge in [0.2, 0.25) is 0 Å². The zero-order valence-electron chi connectivity index (χ0n) is 6.70. The third kappa shape index (κ3) is 1.58. The first-order valence-electron chi connectivity index (χ1n) is 3.73. The molecular weight excluding hydrogens is 232 g/mol. The first-order valence-corrected chi connectivity index (χ1v) is 4.52. The van der Waals surface area contributed by atoms with Crippen LogP contribution in [-0.4, -0.2) is 5.16 Å². The molecule has 4 heteroatoms. The molecule has 1 aromatic heterocycles. The number of benzene rings is 1. The monoisotopic (exact) mass is 238 g/mol. The molecule has 0 saturated carbocycles. The summed E-state index contributed by atoms with van der Waals surface area (Å²) in [5.41, 5.74) is 7.84. The van der Waals surface area contributed by atoms with Crippen molar-refractivity contribution in [3.8, 4) is 11.3 Å². The molecule has 0 unspecified atom stereocenters. The van der Waals surface area contributed by atoms with Gasteiger partial charge in [0.25, 0.3) is 0 Å². The minimum absolute atomic E-state index is 0.558. The summed E-state index contributed by atoms with van der Waals surface area (Å²) >= 11 is 3.35. The summed E-state index contributed by atoms with van der Waals surface area (Å²) in [4.78, 5) is 0. The topological polar surface area (TPSA) is 52.0 Å². The van der Waals surface area contributed by atoms with E-state index in [1.807, 2.05) is 24.3 Å². The highest BCUT2D eigenvalue weighted by Crippen LogP contribution is 2.24. The van der Waals surface area contributed by atoms with Crippen LogP contribution in [0, 0.1) is 0 Å². The van der Waals surface area contributed by atoms with Crippen LogP contribution >= 0.6 is 15.9 Å². The molecule has 0 spiro atoms. The van der Waals surface area contributed by atoms with Gasteiger partial charge in [0.05, 0.1) is 0 Å². The molecule has 1 heterocycles. The summed E-state index contributed by atoms with van der Waals surface area (Å²) in [5, 5.41) is 3.80. The maximum Gasteiger partial charge on any atom is 0.147 e. The third-order valence-electron chi connectivity index (χ3n) is 1.71. The Hall–Kier alpha value is -1.29. The Labute approximate surface area is 83.7 Å². The van der Waals surface area contributed by atoms with Gasteiger partial charge in [0, 0.05) is 10.0 Å². The van der Waals surface area contributed by atoms with Crippen molar-refractivity contribution in [2.75, 3.05) is 5.73 Å². The van der Waals surface area contributed by atoms with Gasteiger partial charge < -0.3 is 10.3 Å². The van der Waals surface area contributed by atoms with E-state index in [-0.39, 0.29) is 0 Å². The van der Waals surface area contributed by atoms with Crippen LogP contribution in [0.3, 0.4) is 0 Å². The van der Waals surface area contributed by atoms with Gasteiger partial charge in [-0.15, -0.1) is 0 Å². The number of nitrogens with zero attached hydrogens (tertiary/aromatic N) is 1. The van der Waals surface area contributed by atoms with Crippen molar-refractivity contribution < 1.29 is 4.52 Å². The first-order chi connectivity index (χ1) is 6.27. The van der Waals surface area contributed by atoms with Gasteiger partial charge in [-0.05, 0) is 12.1 Å². The van der Waals surface area contributed by atoms with E-state index in [1.54, 1.807) is 0 Å². The zero-order valence-corrected chi connectivity index (χ0v) is 8.28. The van der Waals surface area contributed by atoms with E-state index in [0.29, 0.717) is 11.4 Å². The van der Waals surface area contributed by atoms with Crippen LogP contribution in [-0.2, 0) is 0 Å². The molecule has 0 aliphatic carbocycles. The Bertz CT molecular complexity index is 408. The molecule has 0 aliphatic heterocycles. The van der Waals surface area contributed by atoms with E-state index in [0.717, 1.165) is 10.0 Å². The highest BCUT2D eigenvalue weighted by Gasteiger charge is 2.05. The van der Waals surface area contributed by atoms with E-state index in [4.69, 9.17) is 10.3 Å². The Morgan fingerprint density at radius 2 is 1.92 bits per heavy atom. The van der Waals surface area contributed by atoms with Crippen LogP contribution in [0.1, 0.15) is 0 Å². The molecule has 2 N–H and O–H groups in total. The molecular formula is C9H7BrN2O. The summed E-state index contributed by atoms with van der Waals surface area (Å²) in [6, 6.07) is 7.73. The van der Waals surface area contributed by atoms with Gasteiger partial charge in [0.1, 0.15) is 17.6 Å². The molecule has 1 aromatic carbocycles. The third-order valence-corrected chi connectivity index (χ3v) is 2.24. The summed E-state index contributed by atoms with van der Waals surface area (Å²) in [5.74, 6) is 0. The van der Waals surface area contributed by atoms with E-state index in [2.05, 4.69) is 21.1 Å². The number of hydrogen-bond acceptors (Lipinski definition) is 3. The minimum atomic E-state index is 0.558. The standard InChI is InChI=1S/C9H7BrN2O/c10-7-3-1-6(2-4-7)9-8(11)5-13-12-9/h1-5H,11H2. The summed E-state index contributed by atoms with van der Waals surface area (Å²) < 4.78 is 5.77. The Kier molecular flexibility index (Phi) is 2.06. The van der Waals surface area contributed by atoms with Gasteiger partial charge in [-0.3, -0.25) is 0 Å². The number of hydrogen-bond donors (Lipinski definition) is 1. The second-order valence-corrected chi connectivity index (χ2v) is 3.54. The maximum absolute atomic E-state index is 5.64. The lowest BCUT2D eigenvalue weighted by Gasteiger charge is -1.96. The summed E-state index contributed by atoms with van der Waals surface area (Å²) in [6.07, 6.45) is 1.43. The maximum atomic E-state index is 5.64. The lowest BCUT2D eigenvalue weighted by Crippen LogP contribution is -1.85. The molecule has 0 saturated heterocycles. The Balaban J connectivity index is 2.47. The number of anilines is 1. The van der Waals surface area contributed by atoms with Gasteiger partial charge in [0.15, 0.2) is 0 Å². The van der Waals surface area contributed by atoms with Crippen LogP contribution in [0.2, 0.25) is 0 Å². The van der Waals surface area contributed by atoms with Crippen LogP contribution in [0.25, 0.3) is 11.3 Å². The van der Waals surface area contributed by atoms with Gasteiger partial charge in [-0.25, -0.2) is 0 Å². The van der Waals surface area contributed by atoms with E-state index < -0.39 is 0 Å². The van der Waals surface area contributed by atoms with E-state index >= 15 is 0 Å². The van der Waals surface area contributed by atoms with Crippen LogP contribution in [0.15, 0.2) is 39.5 Å². The molecule has 0 bridgehead atoms. The predicted octanol–water partition coefficient (Wildman–Crippen LogP) is 2.69. The largest absolute Gasteiger partial charge is 0.394 e. The van der Waals surface area contributed by atoms with Crippen LogP contribution in [0.4, 0.5) is 5.69 Å². The average molecular weight is 239 g/mol. The first kappa shape index (κ1) is 8.31. The van der Waals surface area contributed by atoms with E-state index in [9.17, 15) is 0 Å². The number of nitrogen functional groups attached to an aromatic ring is 1. The van der Waals surface area contributed by atoms with Crippen molar-refractivity contribution in [1.82, 2.24) is 5.16 Å². The molecule has 0 amide bonds.